The fraction of sp³-hybridized carbons (Fsp3) is 0.227. The number of carbonyl (C=O) groups excluding carboxylic acids is 3. The van der Waals surface area contributed by atoms with Crippen molar-refractivity contribution in [2.45, 2.75) is 31.1 Å². The Balaban J connectivity index is -0.000000414. The molecular formula is C22H27ClO10S. The number of halogens is 1. The van der Waals surface area contributed by atoms with E-state index in [4.69, 9.17) is 21.8 Å². The number of aliphatic carboxylic acids is 2. The highest BCUT2D eigenvalue weighted by Crippen LogP contribution is 2.10. The van der Waals surface area contributed by atoms with Gasteiger partial charge < -0.3 is 14.9 Å². The van der Waals surface area contributed by atoms with Crippen LogP contribution in [-0.2, 0) is 38.5 Å². The zero-order valence-electron chi connectivity index (χ0n) is 18.5. The van der Waals surface area contributed by atoms with Gasteiger partial charge in [0.05, 0.1) is 17.1 Å². The number of benzene rings is 1. The zero-order valence-corrected chi connectivity index (χ0v) is 20.1. The monoisotopic (exact) mass is 518 g/mol. The van der Waals surface area contributed by atoms with Crippen LogP contribution in [0.4, 0.5) is 0 Å². The van der Waals surface area contributed by atoms with Gasteiger partial charge >= 0.3 is 23.9 Å². The maximum atomic E-state index is 11.5. The fourth-order valence-electron chi connectivity index (χ4n) is 1.35. The van der Waals surface area contributed by atoms with Crippen LogP contribution in [0.5, 0.6) is 0 Å². The van der Waals surface area contributed by atoms with Gasteiger partial charge in [0.2, 0.25) is 5.24 Å². The summed E-state index contributed by atoms with van der Waals surface area (Å²) in [6.45, 7) is 11.1. The molecule has 12 heteroatoms. The molecule has 2 N–H and O–H groups in total. The van der Waals surface area contributed by atoms with Crippen LogP contribution in [0.1, 0.15) is 26.2 Å². The van der Waals surface area contributed by atoms with Crippen LogP contribution >= 0.6 is 11.6 Å². The van der Waals surface area contributed by atoms with Gasteiger partial charge in [-0.05, 0) is 30.2 Å². The highest BCUT2D eigenvalue weighted by Gasteiger charge is 2.15. The zero-order chi connectivity index (χ0) is 27.2. The molecule has 0 aliphatic rings. The quantitative estimate of drug-likeness (QED) is 0.214. The number of hydrogen-bond acceptors (Lipinski definition) is 8. The molecule has 0 atom stereocenters. The minimum absolute atomic E-state index is 0.168. The van der Waals surface area contributed by atoms with E-state index in [1.54, 1.807) is 18.2 Å². The van der Waals surface area contributed by atoms with Crippen molar-refractivity contribution in [3.63, 3.8) is 0 Å². The summed E-state index contributed by atoms with van der Waals surface area (Å²) < 4.78 is 27.0. The minimum Gasteiger partial charge on any atom is -0.481 e. The SMILES string of the molecule is C=CC(=O)O.C=CC(=O)OC(=O)C=C.CCCC(=O)Cl.O=C(O)CCS(=O)(=O)c1ccccc1. The van der Waals surface area contributed by atoms with Crippen molar-refractivity contribution in [1.29, 1.82) is 0 Å². The second kappa shape index (κ2) is 21.3. The molecule has 0 saturated heterocycles. The van der Waals surface area contributed by atoms with E-state index in [9.17, 15) is 32.4 Å². The summed E-state index contributed by atoms with van der Waals surface area (Å²) in [5, 5.41) is 15.7. The van der Waals surface area contributed by atoms with Crippen molar-refractivity contribution in [2.75, 3.05) is 5.75 Å². The van der Waals surface area contributed by atoms with Crippen LogP contribution in [-0.4, -0.2) is 53.5 Å². The van der Waals surface area contributed by atoms with Crippen LogP contribution in [0, 0.1) is 0 Å². The first-order chi connectivity index (χ1) is 15.8. The average Bonchev–Trinajstić information content (AvgIpc) is 2.79. The highest BCUT2D eigenvalue weighted by molar-refractivity contribution is 7.91. The van der Waals surface area contributed by atoms with Gasteiger partial charge in [-0.15, -0.1) is 0 Å². The lowest BCUT2D eigenvalue weighted by Crippen LogP contribution is -2.10. The number of esters is 2. The molecule has 0 aromatic heterocycles. The Morgan fingerprint density at radius 2 is 1.35 bits per heavy atom. The molecule has 1 aromatic rings. The first-order valence-electron chi connectivity index (χ1n) is 9.31. The molecule has 1 rings (SSSR count). The molecular weight excluding hydrogens is 492 g/mol. The van der Waals surface area contributed by atoms with Crippen LogP contribution < -0.4 is 0 Å². The molecule has 0 radical (unpaired) electrons. The van der Waals surface area contributed by atoms with Crippen molar-refractivity contribution in [2.24, 2.45) is 0 Å². The molecule has 0 aliphatic carbocycles. The molecule has 10 nitrogen and oxygen atoms in total. The molecule has 0 bridgehead atoms. The first-order valence-corrected chi connectivity index (χ1v) is 11.3. The second-order valence-corrected chi connectivity index (χ2v) is 8.10. The van der Waals surface area contributed by atoms with Gasteiger partial charge in [0.15, 0.2) is 9.84 Å². The maximum absolute atomic E-state index is 11.5. The van der Waals surface area contributed by atoms with Crippen molar-refractivity contribution in [3.05, 3.63) is 68.3 Å². The Morgan fingerprint density at radius 3 is 1.62 bits per heavy atom. The van der Waals surface area contributed by atoms with E-state index in [1.165, 1.54) is 12.1 Å². The fourth-order valence-corrected chi connectivity index (χ4v) is 2.79. The summed E-state index contributed by atoms with van der Waals surface area (Å²) in [6, 6.07) is 7.83. The number of carbonyl (C=O) groups is 5. The number of carboxylic acids is 2. The lowest BCUT2D eigenvalue weighted by Gasteiger charge is -2.01. The largest absolute Gasteiger partial charge is 0.481 e. The van der Waals surface area contributed by atoms with Gasteiger partial charge in [0.25, 0.3) is 0 Å². The molecule has 0 spiro atoms. The third-order valence-electron chi connectivity index (χ3n) is 2.84. The van der Waals surface area contributed by atoms with Crippen molar-refractivity contribution in [3.8, 4) is 0 Å². The summed E-state index contributed by atoms with van der Waals surface area (Å²) in [5.41, 5.74) is 0. The van der Waals surface area contributed by atoms with Gasteiger partial charge in [-0.25, -0.2) is 22.8 Å². The summed E-state index contributed by atoms with van der Waals surface area (Å²) in [6.07, 6.45) is 3.63. The molecule has 0 fully saturated rings. The molecule has 0 amide bonds. The van der Waals surface area contributed by atoms with E-state index in [0.29, 0.717) is 6.42 Å². The second-order valence-electron chi connectivity index (χ2n) is 5.57. The molecule has 0 saturated carbocycles. The van der Waals surface area contributed by atoms with E-state index in [0.717, 1.165) is 24.6 Å². The molecule has 34 heavy (non-hydrogen) atoms. The Hall–Kier alpha value is -3.57. The molecule has 0 aliphatic heterocycles. The predicted octanol–water partition coefficient (Wildman–Crippen LogP) is 3.17. The standard InChI is InChI=1S/C9H10O4S.C6H6O3.C4H7ClO.C3H4O2/c10-9(11)6-7-14(12,13)8-4-2-1-3-5-8;1-3-5(7)9-6(8)4-2;1-2-3-4(5)6;1-2-3(4)5/h1-5H,6-7H2,(H,10,11);3-4H,1-2H2;2-3H2,1H3;2H,1H2,(H,4,5). The Kier molecular flexibility index (Phi) is 21.9. The highest BCUT2D eigenvalue weighted by atomic mass is 35.5. The van der Waals surface area contributed by atoms with Crippen molar-refractivity contribution >= 4 is 50.6 Å². The summed E-state index contributed by atoms with van der Waals surface area (Å²) in [5.74, 6) is -3.97. The van der Waals surface area contributed by atoms with Crippen LogP contribution in [0.2, 0.25) is 0 Å². The Bertz CT molecular complexity index is 920. The van der Waals surface area contributed by atoms with E-state index in [1.807, 2.05) is 6.92 Å². The lowest BCUT2D eigenvalue weighted by molar-refractivity contribution is -0.152. The van der Waals surface area contributed by atoms with E-state index >= 15 is 0 Å². The number of hydrogen-bond donors (Lipinski definition) is 2. The number of rotatable bonds is 9. The van der Waals surface area contributed by atoms with Crippen molar-refractivity contribution < 1.29 is 47.3 Å². The third-order valence-corrected chi connectivity index (χ3v) is 4.76. The predicted molar refractivity (Wildman–Crippen MR) is 126 cm³/mol. The third kappa shape index (κ3) is 24.7. The van der Waals surface area contributed by atoms with Gasteiger partial charge in [0.1, 0.15) is 0 Å². The number of ether oxygens (including phenoxy) is 1. The summed E-state index contributed by atoms with van der Waals surface area (Å²) in [4.78, 5) is 49.8. The topological polar surface area (TPSA) is 169 Å². The number of sulfone groups is 1. The van der Waals surface area contributed by atoms with Crippen LogP contribution in [0.3, 0.4) is 0 Å². The summed E-state index contributed by atoms with van der Waals surface area (Å²) in [7, 11) is -3.44. The smallest absolute Gasteiger partial charge is 0.338 e. The maximum Gasteiger partial charge on any atom is 0.338 e. The Labute approximate surface area is 203 Å². The minimum atomic E-state index is -3.44. The number of carboxylic acid groups (broad SMARTS) is 2. The normalized spacial score (nSPS) is 9.00. The van der Waals surface area contributed by atoms with E-state index < -0.39 is 33.7 Å². The van der Waals surface area contributed by atoms with Crippen LogP contribution in [0.15, 0.2) is 73.2 Å². The van der Waals surface area contributed by atoms with Gasteiger partial charge in [-0.2, -0.15) is 0 Å². The molecule has 1 aromatic carbocycles. The molecule has 0 heterocycles. The average molecular weight is 519 g/mol. The van der Waals surface area contributed by atoms with E-state index in [-0.39, 0.29) is 22.3 Å². The molecule has 0 unspecified atom stereocenters. The van der Waals surface area contributed by atoms with Gasteiger partial charge in [0, 0.05) is 24.6 Å². The Morgan fingerprint density at radius 1 is 0.912 bits per heavy atom. The summed E-state index contributed by atoms with van der Waals surface area (Å²) >= 11 is 4.94. The van der Waals surface area contributed by atoms with E-state index in [2.05, 4.69) is 24.5 Å². The molecule has 188 valence electrons. The van der Waals surface area contributed by atoms with Crippen LogP contribution in [0.25, 0.3) is 0 Å². The van der Waals surface area contributed by atoms with Gasteiger partial charge in [-0.1, -0.05) is 44.9 Å². The van der Waals surface area contributed by atoms with Crippen molar-refractivity contribution in [1.82, 2.24) is 0 Å². The van der Waals surface area contributed by atoms with Gasteiger partial charge in [-0.3, -0.25) is 9.59 Å². The lowest BCUT2D eigenvalue weighted by atomic mass is 10.4. The first kappa shape index (κ1) is 35.0.